The zero-order valence-electron chi connectivity index (χ0n) is 20.5. The molecule has 5 heterocycles. The Kier molecular flexibility index (Phi) is 5.63. The van der Waals surface area contributed by atoms with Crippen LogP contribution < -0.4 is 4.90 Å². The fourth-order valence-electron chi connectivity index (χ4n) is 4.80. The van der Waals surface area contributed by atoms with E-state index in [-0.39, 0.29) is 12.6 Å². The molecule has 2 saturated heterocycles. The number of aromatic amines is 1. The minimum Gasteiger partial charge on any atom is -0.444 e. The third-order valence-electron chi connectivity index (χ3n) is 6.55. The maximum atomic E-state index is 12.8. The Labute approximate surface area is 203 Å². The summed E-state index contributed by atoms with van der Waals surface area (Å²) < 4.78 is 12.9. The van der Waals surface area contributed by atoms with Crippen molar-refractivity contribution in [2.45, 2.75) is 51.2 Å². The van der Waals surface area contributed by atoms with E-state index < -0.39 is 17.1 Å². The Morgan fingerprint density at radius 2 is 2.20 bits per heavy atom. The molecule has 3 aromatic heterocycles. The molecule has 0 aliphatic carbocycles. The number of anilines is 1. The molecule has 184 valence electrons. The summed E-state index contributed by atoms with van der Waals surface area (Å²) in [6.07, 6.45) is 3.48. The van der Waals surface area contributed by atoms with Crippen LogP contribution in [-0.4, -0.2) is 80.4 Å². The second-order valence-corrected chi connectivity index (χ2v) is 10.2. The van der Waals surface area contributed by atoms with Crippen LogP contribution in [0.5, 0.6) is 0 Å². The second kappa shape index (κ2) is 8.53. The smallest absolute Gasteiger partial charge is 0.410 e. The Hall–Kier alpha value is -3.65. The van der Waals surface area contributed by atoms with Crippen LogP contribution in [0.25, 0.3) is 16.9 Å². The van der Waals surface area contributed by atoms with Crippen LogP contribution in [0.3, 0.4) is 0 Å². The SMILES string of the molecule is C[C@@H]1COCCN1c1cc(C2(C#N)CCN(C(=O)OC(C)(C)C)C2)c2cnn(-c3ccn[nH]3)c2n1. The molecule has 1 amide bonds. The van der Waals surface area contributed by atoms with E-state index in [4.69, 9.17) is 14.5 Å². The van der Waals surface area contributed by atoms with Crippen molar-refractivity contribution in [3.8, 4) is 11.9 Å². The van der Waals surface area contributed by atoms with E-state index in [1.54, 1.807) is 22.0 Å². The van der Waals surface area contributed by atoms with E-state index in [1.165, 1.54) is 0 Å². The van der Waals surface area contributed by atoms with Gasteiger partial charge in [0.15, 0.2) is 11.5 Å². The lowest BCUT2D eigenvalue weighted by Gasteiger charge is -2.35. The summed E-state index contributed by atoms with van der Waals surface area (Å²) in [5.74, 6) is 1.44. The molecule has 35 heavy (non-hydrogen) atoms. The molecular weight excluding hydrogens is 448 g/mol. The van der Waals surface area contributed by atoms with Gasteiger partial charge in [0.1, 0.15) is 16.8 Å². The first kappa shape index (κ1) is 23.1. The van der Waals surface area contributed by atoms with Crippen molar-refractivity contribution in [2.24, 2.45) is 0 Å². The highest BCUT2D eigenvalue weighted by atomic mass is 16.6. The molecule has 0 bridgehead atoms. The van der Waals surface area contributed by atoms with Gasteiger partial charge in [0.25, 0.3) is 0 Å². The van der Waals surface area contributed by atoms with E-state index in [0.717, 1.165) is 16.8 Å². The minimum atomic E-state index is -0.912. The zero-order chi connectivity index (χ0) is 24.8. The summed E-state index contributed by atoms with van der Waals surface area (Å²) in [4.78, 5) is 21.6. The normalized spacial score (nSPS) is 23.0. The number of nitrogens with zero attached hydrogens (tertiary/aromatic N) is 7. The average Bonchev–Trinajstić information content (AvgIpc) is 3.57. The summed E-state index contributed by atoms with van der Waals surface area (Å²) in [5, 5.41) is 22.8. The average molecular weight is 479 g/mol. The third-order valence-corrected chi connectivity index (χ3v) is 6.55. The standard InChI is InChI=1S/C24H30N8O3/c1-16-13-34-10-9-31(16)20-11-18(17-12-27-32(21(17)28-20)19-5-7-26-29-19)24(14-25)6-8-30(15-24)22(33)35-23(2,3)4/h5,7,11-12,16H,6,8-10,13,15H2,1-4H3,(H,26,29)/t16-,24?/m1/s1. The lowest BCUT2D eigenvalue weighted by Crippen LogP contribution is -2.44. The van der Waals surface area contributed by atoms with Crippen LogP contribution in [0.2, 0.25) is 0 Å². The first-order chi connectivity index (χ1) is 16.7. The van der Waals surface area contributed by atoms with Gasteiger partial charge in [-0.15, -0.1) is 0 Å². The molecule has 2 aliphatic heterocycles. The van der Waals surface area contributed by atoms with Gasteiger partial charge >= 0.3 is 6.09 Å². The predicted octanol–water partition coefficient (Wildman–Crippen LogP) is 2.77. The Balaban J connectivity index is 1.62. The molecule has 2 fully saturated rings. The fraction of sp³-hybridized carbons (Fsp3) is 0.542. The monoisotopic (exact) mass is 478 g/mol. The van der Waals surface area contributed by atoms with Crippen molar-refractivity contribution >= 4 is 22.9 Å². The van der Waals surface area contributed by atoms with Crippen molar-refractivity contribution in [2.75, 3.05) is 37.7 Å². The van der Waals surface area contributed by atoms with Gasteiger partial charge in [-0.3, -0.25) is 5.10 Å². The van der Waals surface area contributed by atoms with E-state index in [1.807, 2.05) is 32.9 Å². The zero-order valence-corrected chi connectivity index (χ0v) is 20.5. The quantitative estimate of drug-likeness (QED) is 0.609. The fourth-order valence-corrected chi connectivity index (χ4v) is 4.80. The molecule has 2 atom stereocenters. The van der Waals surface area contributed by atoms with Crippen LogP contribution in [0.15, 0.2) is 24.5 Å². The molecule has 0 radical (unpaired) electrons. The molecule has 0 aromatic carbocycles. The Morgan fingerprint density at radius 1 is 1.37 bits per heavy atom. The van der Waals surface area contributed by atoms with Crippen LogP contribution in [0.4, 0.5) is 10.6 Å². The number of H-pyrrole nitrogens is 1. The number of ether oxygens (including phenoxy) is 2. The minimum absolute atomic E-state index is 0.130. The van der Waals surface area contributed by atoms with E-state index in [0.29, 0.717) is 44.2 Å². The van der Waals surface area contributed by atoms with Gasteiger partial charge < -0.3 is 19.3 Å². The van der Waals surface area contributed by atoms with E-state index in [9.17, 15) is 10.1 Å². The number of hydrogen-bond donors (Lipinski definition) is 1. The molecule has 3 aromatic rings. The van der Waals surface area contributed by atoms with Gasteiger partial charge in [0.2, 0.25) is 0 Å². The number of rotatable bonds is 3. The lowest BCUT2D eigenvalue weighted by molar-refractivity contribution is 0.0288. The van der Waals surface area contributed by atoms with Gasteiger partial charge in [-0.25, -0.2) is 9.78 Å². The van der Waals surface area contributed by atoms with Crippen molar-refractivity contribution in [1.82, 2.24) is 29.9 Å². The van der Waals surface area contributed by atoms with Crippen LogP contribution >= 0.6 is 0 Å². The maximum absolute atomic E-state index is 12.8. The van der Waals surface area contributed by atoms with Gasteiger partial charge in [-0.2, -0.15) is 20.1 Å². The number of fused-ring (bicyclic) bond motifs is 1. The molecule has 11 nitrogen and oxygen atoms in total. The summed E-state index contributed by atoms with van der Waals surface area (Å²) in [6, 6.07) is 6.48. The Morgan fingerprint density at radius 3 is 2.89 bits per heavy atom. The third kappa shape index (κ3) is 4.18. The first-order valence-electron chi connectivity index (χ1n) is 11.8. The summed E-state index contributed by atoms with van der Waals surface area (Å²) in [5.41, 5.74) is -0.0742. The molecule has 1 unspecified atom stereocenters. The van der Waals surface area contributed by atoms with Crippen molar-refractivity contribution in [1.29, 1.82) is 5.26 Å². The molecule has 1 N–H and O–H groups in total. The highest BCUT2D eigenvalue weighted by Gasteiger charge is 2.45. The van der Waals surface area contributed by atoms with Gasteiger partial charge in [0.05, 0.1) is 37.7 Å². The van der Waals surface area contributed by atoms with Crippen LogP contribution in [-0.2, 0) is 14.9 Å². The number of pyridine rings is 1. The van der Waals surface area contributed by atoms with Crippen LogP contribution in [0.1, 0.15) is 39.7 Å². The molecular formula is C24H30N8O3. The number of carbonyl (C=O) groups excluding carboxylic acids is 1. The summed E-state index contributed by atoms with van der Waals surface area (Å²) >= 11 is 0. The van der Waals surface area contributed by atoms with Gasteiger partial charge in [-0.1, -0.05) is 0 Å². The van der Waals surface area contributed by atoms with Gasteiger partial charge in [0, 0.05) is 31.1 Å². The lowest BCUT2D eigenvalue weighted by atomic mass is 9.80. The van der Waals surface area contributed by atoms with Crippen molar-refractivity contribution in [3.63, 3.8) is 0 Å². The number of aromatic nitrogens is 5. The topological polar surface area (TPSA) is 125 Å². The summed E-state index contributed by atoms with van der Waals surface area (Å²) in [7, 11) is 0. The predicted molar refractivity (Wildman–Crippen MR) is 128 cm³/mol. The van der Waals surface area contributed by atoms with Gasteiger partial charge in [-0.05, 0) is 45.7 Å². The van der Waals surface area contributed by atoms with E-state index >= 15 is 0 Å². The molecule has 11 heteroatoms. The number of nitrogens with one attached hydrogen (secondary N) is 1. The first-order valence-corrected chi connectivity index (χ1v) is 11.8. The highest BCUT2D eigenvalue weighted by molar-refractivity contribution is 5.84. The second-order valence-electron chi connectivity index (χ2n) is 10.2. The maximum Gasteiger partial charge on any atom is 0.410 e. The molecule has 0 saturated carbocycles. The number of hydrogen-bond acceptors (Lipinski definition) is 8. The van der Waals surface area contributed by atoms with Crippen LogP contribution in [0, 0.1) is 11.3 Å². The van der Waals surface area contributed by atoms with E-state index in [2.05, 4.69) is 33.2 Å². The molecule has 5 rings (SSSR count). The Bertz CT molecular complexity index is 1270. The number of nitriles is 1. The number of morpholine rings is 1. The molecule has 2 aliphatic rings. The largest absolute Gasteiger partial charge is 0.444 e. The molecule has 0 spiro atoms. The van der Waals surface area contributed by atoms with Crippen molar-refractivity contribution in [3.05, 3.63) is 30.1 Å². The number of likely N-dealkylation sites (tertiary alicyclic amines) is 1. The highest BCUT2D eigenvalue weighted by Crippen LogP contribution is 2.40. The summed E-state index contributed by atoms with van der Waals surface area (Å²) in [6.45, 7) is 10.2. The number of amides is 1. The van der Waals surface area contributed by atoms with Crippen molar-refractivity contribution < 1.29 is 14.3 Å². The number of carbonyl (C=O) groups is 1.